The zero-order valence-electron chi connectivity index (χ0n) is 20.4. The maximum absolute atomic E-state index is 13.0. The van der Waals surface area contributed by atoms with Crippen LogP contribution in [0.4, 0.5) is 0 Å². The molecule has 1 heterocycles. The summed E-state index contributed by atoms with van der Waals surface area (Å²) in [6.45, 7) is 18.0. The molecule has 1 aromatic rings. The molecule has 0 N–H and O–H groups in total. The normalized spacial score (nSPS) is 25.6. The predicted molar refractivity (Wildman–Crippen MR) is 136 cm³/mol. The van der Waals surface area contributed by atoms with Gasteiger partial charge in [0.25, 0.3) is 0 Å². The van der Waals surface area contributed by atoms with Gasteiger partial charge in [0.15, 0.2) is 18.2 Å². The molecule has 1 aromatic carbocycles. The molecule has 0 unspecified atom stereocenters. The smallest absolute Gasteiger partial charge is 0.320 e. The van der Waals surface area contributed by atoms with Gasteiger partial charge >= 0.3 is 5.97 Å². The van der Waals surface area contributed by atoms with Crippen molar-refractivity contribution in [1.29, 1.82) is 0 Å². The fraction of sp³-hybridized carbons (Fsp3) is 0.542. The van der Waals surface area contributed by atoms with E-state index in [9.17, 15) is 13.2 Å². The molecule has 1 aliphatic heterocycles. The number of carbonyl (C=O) groups is 1. The summed E-state index contributed by atoms with van der Waals surface area (Å²) >= 11 is 3.47. The first-order valence-corrected chi connectivity index (χ1v) is 16.1. The number of esters is 1. The van der Waals surface area contributed by atoms with Crippen LogP contribution in [-0.4, -0.2) is 41.2 Å². The Morgan fingerprint density at radius 1 is 1.30 bits per heavy atom. The summed E-state index contributed by atoms with van der Waals surface area (Å²) in [6.07, 6.45) is -0.184. The fourth-order valence-electron chi connectivity index (χ4n) is 3.17. The first-order valence-electron chi connectivity index (χ1n) is 10.9. The number of cyclic esters (lactones) is 1. The summed E-state index contributed by atoms with van der Waals surface area (Å²) in [5.74, 6) is -0.544. The van der Waals surface area contributed by atoms with E-state index in [-0.39, 0.29) is 9.93 Å². The number of rotatable bonds is 8. The van der Waals surface area contributed by atoms with E-state index in [1.807, 2.05) is 0 Å². The minimum Gasteiger partial charge on any atom is -0.435 e. The van der Waals surface area contributed by atoms with E-state index in [0.29, 0.717) is 10.9 Å². The SMILES string of the molecule is C=C(Br)[C@@H](C[C@@H]1O[C@H](C)OC(=O)[C@@]1(C)/C=C/S(=O)(=O)c1ccccc1)O[Si](C)(C)C(C)(C)C. The second kappa shape index (κ2) is 10.2. The van der Waals surface area contributed by atoms with E-state index < -0.39 is 48.0 Å². The number of carbonyl (C=O) groups excluding carboxylic acids is 1. The summed E-state index contributed by atoms with van der Waals surface area (Å²) in [4.78, 5) is 13.1. The number of sulfone groups is 1. The Bertz CT molecular complexity index is 1000. The molecule has 0 saturated carbocycles. The van der Waals surface area contributed by atoms with Crippen molar-refractivity contribution in [3.8, 4) is 0 Å². The lowest BCUT2D eigenvalue weighted by molar-refractivity contribution is -0.237. The molecule has 1 fully saturated rings. The highest BCUT2D eigenvalue weighted by Gasteiger charge is 2.49. The first-order chi connectivity index (χ1) is 15.0. The molecule has 2 rings (SSSR count). The number of ether oxygens (including phenoxy) is 2. The Balaban J connectivity index is 2.39. The molecule has 6 nitrogen and oxygen atoms in total. The van der Waals surface area contributed by atoms with Crippen molar-refractivity contribution < 1.29 is 27.1 Å². The molecule has 0 aliphatic carbocycles. The summed E-state index contributed by atoms with van der Waals surface area (Å²) in [5.41, 5.74) is -1.33. The van der Waals surface area contributed by atoms with E-state index in [4.69, 9.17) is 13.9 Å². The molecule has 1 saturated heterocycles. The van der Waals surface area contributed by atoms with E-state index in [0.717, 1.165) is 5.41 Å². The molecule has 9 heteroatoms. The lowest BCUT2D eigenvalue weighted by Gasteiger charge is -2.44. The Morgan fingerprint density at radius 2 is 1.88 bits per heavy atom. The Labute approximate surface area is 207 Å². The maximum Gasteiger partial charge on any atom is 0.320 e. The van der Waals surface area contributed by atoms with Gasteiger partial charge in [-0.05, 0) is 44.1 Å². The van der Waals surface area contributed by atoms with Crippen molar-refractivity contribution >= 4 is 40.1 Å². The Hall–Kier alpha value is -1.26. The average Bonchev–Trinajstić information content (AvgIpc) is 2.69. The van der Waals surface area contributed by atoms with Crippen LogP contribution in [0.5, 0.6) is 0 Å². The highest BCUT2D eigenvalue weighted by molar-refractivity contribution is 9.11. The molecule has 1 aliphatic rings. The van der Waals surface area contributed by atoms with Crippen LogP contribution in [0, 0.1) is 5.41 Å². The fourth-order valence-corrected chi connectivity index (χ4v) is 6.08. The first kappa shape index (κ1) is 28.0. The second-order valence-electron chi connectivity index (χ2n) is 10.1. The molecule has 0 spiro atoms. The topological polar surface area (TPSA) is 78.9 Å². The van der Waals surface area contributed by atoms with Crippen molar-refractivity contribution in [3.63, 3.8) is 0 Å². The van der Waals surface area contributed by atoms with Gasteiger partial charge in [-0.2, -0.15) is 0 Å². The highest BCUT2D eigenvalue weighted by atomic mass is 79.9. The number of hydrogen-bond donors (Lipinski definition) is 0. The summed E-state index contributed by atoms with van der Waals surface area (Å²) in [6, 6.07) is 8.05. The van der Waals surface area contributed by atoms with Gasteiger partial charge in [-0.1, -0.05) is 67.6 Å². The van der Waals surface area contributed by atoms with Crippen molar-refractivity contribution in [2.45, 2.75) is 82.6 Å². The van der Waals surface area contributed by atoms with Gasteiger partial charge < -0.3 is 13.9 Å². The standard InChI is InChI=1S/C24H35BrO6SSi/c1-17(25)20(31-33(7,8)23(3,4)5)16-21-24(6,22(26)30-18(2)29-21)14-15-32(27,28)19-12-10-9-11-13-19/h9-15,18,20-21H,1,16H2,2-8H3/b15-14+/t18-,20+,21-,24-/m0/s1. The van der Waals surface area contributed by atoms with Crippen LogP contribution in [0.3, 0.4) is 0 Å². The van der Waals surface area contributed by atoms with Crippen LogP contribution in [0.1, 0.15) is 41.0 Å². The predicted octanol–water partition coefficient (Wildman–Crippen LogP) is 5.96. The second-order valence-corrected chi connectivity index (χ2v) is 17.7. The van der Waals surface area contributed by atoms with Crippen molar-refractivity contribution in [2.75, 3.05) is 0 Å². The van der Waals surface area contributed by atoms with Crippen LogP contribution in [0.2, 0.25) is 18.1 Å². The molecule has 0 bridgehead atoms. The third kappa shape index (κ3) is 6.66. The third-order valence-corrected chi connectivity index (χ3v) is 12.8. The van der Waals surface area contributed by atoms with Crippen LogP contribution in [0.25, 0.3) is 0 Å². The highest BCUT2D eigenvalue weighted by Crippen LogP contribution is 2.42. The van der Waals surface area contributed by atoms with Crippen LogP contribution in [0.15, 0.2) is 57.8 Å². The van der Waals surface area contributed by atoms with Gasteiger partial charge in [0.1, 0.15) is 5.41 Å². The van der Waals surface area contributed by atoms with E-state index in [1.165, 1.54) is 18.2 Å². The van der Waals surface area contributed by atoms with Gasteiger partial charge in [0.2, 0.25) is 6.29 Å². The van der Waals surface area contributed by atoms with Crippen LogP contribution < -0.4 is 0 Å². The summed E-state index contributed by atoms with van der Waals surface area (Å²) < 4.78 is 44.1. The van der Waals surface area contributed by atoms with Crippen LogP contribution in [-0.2, 0) is 28.5 Å². The van der Waals surface area contributed by atoms with Crippen molar-refractivity contribution in [3.05, 3.63) is 52.9 Å². The van der Waals surface area contributed by atoms with E-state index in [1.54, 1.807) is 32.0 Å². The van der Waals surface area contributed by atoms with Gasteiger partial charge in [-0.15, -0.1) is 0 Å². The monoisotopic (exact) mass is 558 g/mol. The zero-order valence-corrected chi connectivity index (χ0v) is 23.8. The third-order valence-electron chi connectivity index (χ3n) is 6.42. The van der Waals surface area contributed by atoms with E-state index >= 15 is 0 Å². The molecule has 0 aromatic heterocycles. The number of hydrogen-bond acceptors (Lipinski definition) is 6. The van der Waals surface area contributed by atoms with Crippen molar-refractivity contribution in [1.82, 2.24) is 0 Å². The number of benzene rings is 1. The summed E-state index contributed by atoms with van der Waals surface area (Å²) in [5, 5.41) is 1.03. The summed E-state index contributed by atoms with van der Waals surface area (Å²) in [7, 11) is -5.91. The van der Waals surface area contributed by atoms with Gasteiger partial charge in [-0.25, -0.2) is 8.42 Å². The molecular formula is C24H35BrO6SSi. The lowest BCUT2D eigenvalue weighted by atomic mass is 9.80. The molecule has 0 amide bonds. The molecule has 0 radical (unpaired) electrons. The molecule has 4 atom stereocenters. The molecule has 184 valence electrons. The Morgan fingerprint density at radius 3 is 2.39 bits per heavy atom. The van der Waals surface area contributed by atoms with Gasteiger partial charge in [0.05, 0.1) is 17.1 Å². The quantitative estimate of drug-likeness (QED) is 0.289. The van der Waals surface area contributed by atoms with Crippen molar-refractivity contribution in [2.24, 2.45) is 5.41 Å². The zero-order chi connectivity index (χ0) is 25.2. The average molecular weight is 560 g/mol. The Kier molecular flexibility index (Phi) is 8.61. The number of halogens is 1. The largest absolute Gasteiger partial charge is 0.435 e. The molecule has 33 heavy (non-hydrogen) atoms. The maximum atomic E-state index is 13.0. The lowest BCUT2D eigenvalue weighted by Crippen LogP contribution is -2.52. The minimum absolute atomic E-state index is 0.0275. The minimum atomic E-state index is -3.75. The molecular weight excluding hydrogens is 524 g/mol. The van der Waals surface area contributed by atoms with Crippen LogP contribution >= 0.6 is 15.9 Å². The van der Waals surface area contributed by atoms with E-state index in [2.05, 4.69) is 56.4 Å². The van der Waals surface area contributed by atoms with Gasteiger partial charge in [-0.3, -0.25) is 4.79 Å². The van der Waals surface area contributed by atoms with Gasteiger partial charge in [0, 0.05) is 16.3 Å².